The molecule has 1 amide bonds. The molecule has 0 bridgehead atoms. The number of carbonyl (C=O) groups is 1. The van der Waals surface area contributed by atoms with Gasteiger partial charge < -0.3 is 19.9 Å². The summed E-state index contributed by atoms with van der Waals surface area (Å²) in [6.45, 7) is 3.67. The Bertz CT molecular complexity index is 693. The summed E-state index contributed by atoms with van der Waals surface area (Å²) in [5, 5.41) is 4.03. The van der Waals surface area contributed by atoms with Crippen LogP contribution in [0.3, 0.4) is 0 Å². The molecule has 5 nitrogen and oxygen atoms in total. The van der Waals surface area contributed by atoms with E-state index >= 15 is 0 Å². The minimum absolute atomic E-state index is 0.0237. The number of carbonyl (C=O) groups excluding carboxylic acids is 1. The Balaban J connectivity index is 1.51. The van der Waals surface area contributed by atoms with Crippen LogP contribution in [0, 0.1) is 5.82 Å². The highest BCUT2D eigenvalue weighted by Gasteiger charge is 2.20. The lowest BCUT2D eigenvalue weighted by atomic mass is 10.0. The number of fused-ring (bicyclic) bond motifs is 1. The predicted octanol–water partition coefficient (Wildman–Crippen LogP) is 2.08. The summed E-state index contributed by atoms with van der Waals surface area (Å²) in [6.07, 6.45) is 4.04. The highest BCUT2D eigenvalue weighted by atomic mass is 19.1. The van der Waals surface area contributed by atoms with Crippen molar-refractivity contribution in [2.45, 2.75) is 25.3 Å². The summed E-state index contributed by atoms with van der Waals surface area (Å²) >= 11 is 0. The maximum Gasteiger partial charge on any atom is 0.224 e. The SMILES string of the molecule is COCCN1CCC(NC(=O)Cc2c[nH]c3cc(F)ccc23)CC1. The number of benzene rings is 1. The second kappa shape index (κ2) is 7.77. The number of nitrogens with zero attached hydrogens (tertiary/aromatic N) is 1. The first-order chi connectivity index (χ1) is 11.7. The Labute approximate surface area is 141 Å². The monoisotopic (exact) mass is 333 g/mol. The number of ether oxygens (including phenoxy) is 1. The van der Waals surface area contributed by atoms with Gasteiger partial charge in [0.2, 0.25) is 5.91 Å². The molecule has 2 aromatic rings. The largest absolute Gasteiger partial charge is 0.383 e. The van der Waals surface area contributed by atoms with Gasteiger partial charge in [-0.15, -0.1) is 0 Å². The summed E-state index contributed by atoms with van der Waals surface area (Å²) in [6, 6.07) is 4.83. The number of rotatable bonds is 6. The van der Waals surface area contributed by atoms with E-state index < -0.39 is 0 Å². The fourth-order valence-corrected chi connectivity index (χ4v) is 3.28. The van der Waals surface area contributed by atoms with Crippen molar-refractivity contribution < 1.29 is 13.9 Å². The van der Waals surface area contributed by atoms with E-state index in [1.54, 1.807) is 19.4 Å². The number of halogens is 1. The molecule has 1 aliphatic rings. The van der Waals surface area contributed by atoms with Gasteiger partial charge in [-0.25, -0.2) is 4.39 Å². The third-order valence-electron chi connectivity index (χ3n) is 4.64. The minimum atomic E-state index is -0.277. The molecule has 130 valence electrons. The number of likely N-dealkylation sites (tertiary alicyclic amines) is 1. The molecule has 1 aliphatic heterocycles. The van der Waals surface area contributed by atoms with Gasteiger partial charge in [-0.05, 0) is 36.6 Å². The molecular formula is C18H24FN3O2. The quantitative estimate of drug-likeness (QED) is 0.851. The van der Waals surface area contributed by atoms with E-state index in [4.69, 9.17) is 4.74 Å². The maximum atomic E-state index is 13.2. The zero-order valence-corrected chi connectivity index (χ0v) is 14.0. The number of hydrogen-bond donors (Lipinski definition) is 2. The fraction of sp³-hybridized carbons (Fsp3) is 0.500. The van der Waals surface area contributed by atoms with E-state index in [1.165, 1.54) is 12.1 Å². The van der Waals surface area contributed by atoms with Gasteiger partial charge in [-0.3, -0.25) is 4.79 Å². The highest BCUT2D eigenvalue weighted by Crippen LogP contribution is 2.20. The van der Waals surface area contributed by atoms with Crippen LogP contribution < -0.4 is 5.32 Å². The van der Waals surface area contributed by atoms with Gasteiger partial charge in [0.15, 0.2) is 0 Å². The lowest BCUT2D eigenvalue weighted by Crippen LogP contribution is -2.45. The molecular weight excluding hydrogens is 309 g/mol. The topological polar surface area (TPSA) is 57.4 Å². The standard InChI is InChI=1S/C18H24FN3O2/c1-24-9-8-22-6-4-15(5-7-22)21-18(23)10-13-12-20-17-11-14(19)2-3-16(13)17/h2-3,11-12,15,20H,4-10H2,1H3,(H,21,23). The maximum absolute atomic E-state index is 13.2. The van der Waals surface area contributed by atoms with Gasteiger partial charge >= 0.3 is 0 Å². The van der Waals surface area contributed by atoms with Crippen LogP contribution in [0.25, 0.3) is 10.9 Å². The Hall–Kier alpha value is -1.92. The summed E-state index contributed by atoms with van der Waals surface area (Å²) in [5.74, 6) is -0.254. The number of aromatic amines is 1. The zero-order valence-electron chi connectivity index (χ0n) is 14.0. The van der Waals surface area contributed by atoms with Gasteiger partial charge in [-0.1, -0.05) is 0 Å². The average molecular weight is 333 g/mol. The summed E-state index contributed by atoms with van der Waals surface area (Å²) < 4.78 is 18.3. The van der Waals surface area contributed by atoms with Crippen molar-refractivity contribution in [3.63, 3.8) is 0 Å². The number of hydrogen-bond acceptors (Lipinski definition) is 3. The fourth-order valence-electron chi connectivity index (χ4n) is 3.28. The third-order valence-corrected chi connectivity index (χ3v) is 4.64. The smallest absolute Gasteiger partial charge is 0.224 e. The first-order valence-electron chi connectivity index (χ1n) is 8.42. The van der Waals surface area contributed by atoms with E-state index in [-0.39, 0.29) is 17.8 Å². The van der Waals surface area contributed by atoms with Crippen molar-refractivity contribution in [2.24, 2.45) is 0 Å². The molecule has 2 heterocycles. The van der Waals surface area contributed by atoms with Gasteiger partial charge in [-0.2, -0.15) is 0 Å². The first kappa shape index (κ1) is 16.9. The van der Waals surface area contributed by atoms with E-state index in [1.807, 2.05) is 0 Å². The van der Waals surface area contributed by atoms with Crippen molar-refractivity contribution in [2.75, 3.05) is 33.4 Å². The second-order valence-corrected chi connectivity index (χ2v) is 6.36. The minimum Gasteiger partial charge on any atom is -0.383 e. The van der Waals surface area contributed by atoms with Crippen LogP contribution in [-0.2, 0) is 16.0 Å². The molecule has 0 unspecified atom stereocenters. The van der Waals surface area contributed by atoms with E-state index in [2.05, 4.69) is 15.2 Å². The Morgan fingerprint density at radius 1 is 1.42 bits per heavy atom. The lowest BCUT2D eigenvalue weighted by molar-refractivity contribution is -0.121. The molecule has 0 radical (unpaired) electrons. The molecule has 24 heavy (non-hydrogen) atoms. The van der Waals surface area contributed by atoms with Crippen LogP contribution in [-0.4, -0.2) is 55.2 Å². The molecule has 1 saturated heterocycles. The molecule has 0 atom stereocenters. The molecule has 1 aromatic carbocycles. The number of H-pyrrole nitrogens is 1. The zero-order chi connectivity index (χ0) is 16.9. The van der Waals surface area contributed by atoms with Crippen LogP contribution in [0.15, 0.2) is 24.4 Å². The van der Waals surface area contributed by atoms with E-state index in [0.717, 1.165) is 55.5 Å². The van der Waals surface area contributed by atoms with Gasteiger partial charge in [0.25, 0.3) is 0 Å². The average Bonchev–Trinajstić information content (AvgIpc) is 2.96. The molecule has 1 aromatic heterocycles. The van der Waals surface area contributed by atoms with Gasteiger partial charge in [0.1, 0.15) is 5.82 Å². The van der Waals surface area contributed by atoms with Crippen LogP contribution in [0.5, 0.6) is 0 Å². The van der Waals surface area contributed by atoms with Crippen LogP contribution >= 0.6 is 0 Å². The van der Waals surface area contributed by atoms with Crippen molar-refractivity contribution in [1.29, 1.82) is 0 Å². The van der Waals surface area contributed by atoms with E-state index in [9.17, 15) is 9.18 Å². The van der Waals surface area contributed by atoms with Crippen LogP contribution in [0.2, 0.25) is 0 Å². The van der Waals surface area contributed by atoms with Crippen LogP contribution in [0.4, 0.5) is 4.39 Å². The predicted molar refractivity (Wildman–Crippen MR) is 91.4 cm³/mol. The summed E-state index contributed by atoms with van der Waals surface area (Å²) in [5.41, 5.74) is 1.63. The Morgan fingerprint density at radius 3 is 2.96 bits per heavy atom. The molecule has 0 saturated carbocycles. The van der Waals surface area contributed by atoms with Crippen molar-refractivity contribution in [1.82, 2.24) is 15.2 Å². The number of aromatic nitrogens is 1. The van der Waals surface area contributed by atoms with Crippen molar-refractivity contribution in [3.05, 3.63) is 35.8 Å². The summed E-state index contributed by atoms with van der Waals surface area (Å²) in [7, 11) is 1.71. The third kappa shape index (κ3) is 4.13. The number of methoxy groups -OCH3 is 1. The van der Waals surface area contributed by atoms with Gasteiger partial charge in [0.05, 0.1) is 13.0 Å². The van der Waals surface area contributed by atoms with Crippen molar-refractivity contribution >= 4 is 16.8 Å². The number of piperidine rings is 1. The van der Waals surface area contributed by atoms with E-state index in [0.29, 0.717) is 6.42 Å². The number of amides is 1. The molecule has 2 N–H and O–H groups in total. The first-order valence-corrected chi connectivity index (χ1v) is 8.42. The number of nitrogens with one attached hydrogen (secondary N) is 2. The van der Waals surface area contributed by atoms with Crippen molar-refractivity contribution in [3.8, 4) is 0 Å². The van der Waals surface area contributed by atoms with Gasteiger partial charge in [0, 0.05) is 49.9 Å². The second-order valence-electron chi connectivity index (χ2n) is 6.36. The normalized spacial score (nSPS) is 16.6. The molecule has 3 rings (SSSR count). The Kier molecular flexibility index (Phi) is 5.48. The molecule has 0 aliphatic carbocycles. The van der Waals surface area contributed by atoms with Crippen LogP contribution in [0.1, 0.15) is 18.4 Å². The summed E-state index contributed by atoms with van der Waals surface area (Å²) in [4.78, 5) is 17.7. The lowest BCUT2D eigenvalue weighted by Gasteiger charge is -2.32. The molecule has 1 fully saturated rings. The Morgan fingerprint density at radius 2 is 2.21 bits per heavy atom. The molecule has 0 spiro atoms. The molecule has 6 heteroatoms. The highest BCUT2D eigenvalue weighted by molar-refractivity contribution is 5.89.